The number of hydrogen-bond acceptors (Lipinski definition) is 5. The highest BCUT2D eigenvalue weighted by Gasteiger charge is 2.46. The summed E-state index contributed by atoms with van der Waals surface area (Å²) in [6.45, 7) is 3.49. The monoisotopic (exact) mass is 415 g/mol. The lowest BCUT2D eigenvalue weighted by atomic mass is 9.87. The van der Waals surface area contributed by atoms with Gasteiger partial charge < -0.3 is 14.6 Å². The molecule has 29 heavy (non-hydrogen) atoms. The number of carbonyl (C=O) groups is 2. The predicted octanol–water partition coefficient (Wildman–Crippen LogP) is 3.69. The summed E-state index contributed by atoms with van der Waals surface area (Å²) in [7, 11) is 0. The van der Waals surface area contributed by atoms with Crippen LogP contribution in [0.15, 0.2) is 27.8 Å². The molecule has 6 nitrogen and oxygen atoms in total. The number of hydrogen-bond donors (Lipinski definition) is 1. The van der Waals surface area contributed by atoms with E-state index in [1.165, 1.54) is 31.9 Å². The van der Waals surface area contributed by atoms with Crippen LogP contribution in [-0.2, 0) is 4.79 Å². The zero-order chi connectivity index (χ0) is 20.0. The quantitative estimate of drug-likeness (QED) is 0.814. The smallest absolute Gasteiger partial charge is 0.289 e. The Morgan fingerprint density at radius 1 is 1.31 bits per heavy atom. The second-order valence-corrected chi connectivity index (χ2v) is 10.9. The van der Waals surface area contributed by atoms with Gasteiger partial charge in [0.15, 0.2) is 10.9 Å². The average molecular weight is 416 g/mol. The fraction of sp³-hybridized carbons (Fsp3) is 0.682. The lowest BCUT2D eigenvalue weighted by Gasteiger charge is -2.34. The number of nitrogens with zero attached hydrogens (tertiary/aromatic N) is 2. The summed E-state index contributed by atoms with van der Waals surface area (Å²) in [6, 6.07) is 3.87. The van der Waals surface area contributed by atoms with Crippen LogP contribution in [0, 0.1) is 17.8 Å². The van der Waals surface area contributed by atoms with E-state index >= 15 is 0 Å². The van der Waals surface area contributed by atoms with Crippen molar-refractivity contribution in [2.75, 3.05) is 13.1 Å². The zero-order valence-electron chi connectivity index (χ0n) is 16.9. The molecule has 2 bridgehead atoms. The molecule has 3 heterocycles. The predicted molar refractivity (Wildman–Crippen MR) is 113 cm³/mol. The minimum Gasteiger partial charge on any atom is -0.459 e. The Bertz CT molecular complexity index is 815. The molecule has 156 valence electrons. The Labute approximate surface area is 175 Å². The van der Waals surface area contributed by atoms with Crippen LogP contribution in [0.25, 0.3) is 0 Å². The lowest BCUT2D eigenvalue weighted by molar-refractivity contribution is -0.121. The van der Waals surface area contributed by atoms with E-state index < -0.39 is 4.75 Å². The summed E-state index contributed by atoms with van der Waals surface area (Å²) in [5.41, 5.74) is 0. The lowest BCUT2D eigenvalue weighted by Crippen LogP contribution is -2.41. The van der Waals surface area contributed by atoms with Gasteiger partial charge in [0.2, 0.25) is 5.91 Å². The van der Waals surface area contributed by atoms with Crippen molar-refractivity contribution >= 4 is 28.7 Å². The van der Waals surface area contributed by atoms with Gasteiger partial charge in [0, 0.05) is 13.1 Å². The van der Waals surface area contributed by atoms with Gasteiger partial charge in [-0.15, -0.1) is 0 Å². The number of aliphatic imine (C=N–C) groups is 1. The van der Waals surface area contributed by atoms with Crippen LogP contribution in [-0.4, -0.2) is 45.8 Å². The molecule has 2 aliphatic heterocycles. The standard InChI is InChI=1S/C22H29N3O3S/c1-22(13-14-6-8-25(9-7-14)19(26)18-3-2-10-28-18)20(27)24-21(29-22)23-17-12-15-4-5-16(17)11-15/h2-3,10,14-17H,4-9,11-13H2,1H3,(H,23,24,27)/t15-,16-,17-,22?/m0/s1. The average Bonchev–Trinajstić information content (AvgIpc) is 3.48. The highest BCUT2D eigenvalue weighted by Crippen LogP contribution is 2.47. The number of rotatable bonds is 4. The molecule has 1 aromatic heterocycles. The maximum Gasteiger partial charge on any atom is 0.289 e. The first-order chi connectivity index (χ1) is 14.0. The summed E-state index contributed by atoms with van der Waals surface area (Å²) in [6.07, 6.45) is 9.41. The molecule has 2 amide bonds. The minimum absolute atomic E-state index is 0.0343. The second-order valence-electron chi connectivity index (χ2n) is 9.38. The molecule has 2 saturated heterocycles. The Hall–Kier alpha value is -1.76. The molecular formula is C22H29N3O3S. The van der Waals surface area contributed by atoms with E-state index in [-0.39, 0.29) is 11.8 Å². The van der Waals surface area contributed by atoms with Crippen LogP contribution < -0.4 is 5.32 Å². The van der Waals surface area contributed by atoms with E-state index in [0.717, 1.165) is 49.4 Å². The molecule has 1 aromatic rings. The molecule has 5 rings (SSSR count). The van der Waals surface area contributed by atoms with Crippen molar-refractivity contribution < 1.29 is 14.0 Å². The Morgan fingerprint density at radius 2 is 2.14 bits per heavy atom. The number of nitrogens with one attached hydrogen (secondary N) is 1. The van der Waals surface area contributed by atoms with Crippen molar-refractivity contribution in [2.45, 2.75) is 62.7 Å². The summed E-state index contributed by atoms with van der Waals surface area (Å²) >= 11 is 1.63. The van der Waals surface area contributed by atoms with E-state index in [1.807, 2.05) is 4.90 Å². The van der Waals surface area contributed by atoms with Gasteiger partial charge in [-0.1, -0.05) is 18.2 Å². The van der Waals surface area contributed by atoms with Crippen molar-refractivity contribution in [1.82, 2.24) is 10.2 Å². The Morgan fingerprint density at radius 3 is 2.79 bits per heavy atom. The van der Waals surface area contributed by atoms with Gasteiger partial charge in [0.25, 0.3) is 5.91 Å². The van der Waals surface area contributed by atoms with Crippen molar-refractivity contribution in [1.29, 1.82) is 0 Å². The number of fused-ring (bicyclic) bond motifs is 2. The SMILES string of the molecule is CC1(CC2CCN(C(=O)c3ccco3)CC2)SC(=N[C@H]2C[C@H]3CC[C@H]2C3)NC1=O. The fourth-order valence-corrected chi connectivity index (χ4v) is 6.90. The first kappa shape index (κ1) is 19.2. The van der Waals surface area contributed by atoms with Crippen LogP contribution in [0.4, 0.5) is 0 Å². The first-order valence-corrected chi connectivity index (χ1v) is 11.7. The fourth-order valence-electron chi connectivity index (χ4n) is 5.67. The van der Waals surface area contributed by atoms with Crippen LogP contribution in [0.1, 0.15) is 62.4 Å². The molecule has 4 atom stereocenters. The third-order valence-corrected chi connectivity index (χ3v) is 8.52. The number of piperidine rings is 1. The largest absolute Gasteiger partial charge is 0.459 e. The third-order valence-electron chi connectivity index (χ3n) is 7.32. The van der Waals surface area contributed by atoms with Crippen molar-refractivity contribution in [3.63, 3.8) is 0 Å². The van der Waals surface area contributed by atoms with Gasteiger partial charge in [-0.3, -0.25) is 14.6 Å². The van der Waals surface area contributed by atoms with E-state index in [1.54, 1.807) is 23.9 Å². The molecule has 1 N–H and O–H groups in total. The number of furan rings is 1. The molecule has 2 saturated carbocycles. The Balaban J connectivity index is 1.16. The summed E-state index contributed by atoms with van der Waals surface area (Å²) in [5.74, 6) is 2.50. The van der Waals surface area contributed by atoms with E-state index in [0.29, 0.717) is 17.7 Å². The van der Waals surface area contributed by atoms with E-state index in [4.69, 9.17) is 9.41 Å². The van der Waals surface area contributed by atoms with Crippen molar-refractivity contribution in [3.8, 4) is 0 Å². The topological polar surface area (TPSA) is 74.9 Å². The minimum atomic E-state index is -0.450. The maximum atomic E-state index is 12.8. The first-order valence-electron chi connectivity index (χ1n) is 10.9. The van der Waals surface area contributed by atoms with Gasteiger partial charge in [0.05, 0.1) is 17.1 Å². The van der Waals surface area contributed by atoms with Gasteiger partial charge in [-0.25, -0.2) is 0 Å². The van der Waals surface area contributed by atoms with Gasteiger partial charge >= 0.3 is 0 Å². The van der Waals surface area contributed by atoms with Gasteiger partial charge in [-0.05, 0) is 75.3 Å². The molecule has 4 aliphatic rings. The van der Waals surface area contributed by atoms with Crippen LogP contribution in [0.3, 0.4) is 0 Å². The normalized spacial score (nSPS) is 36.2. The molecule has 2 aliphatic carbocycles. The van der Waals surface area contributed by atoms with Crippen LogP contribution in [0.5, 0.6) is 0 Å². The van der Waals surface area contributed by atoms with Crippen molar-refractivity contribution in [3.05, 3.63) is 24.2 Å². The van der Waals surface area contributed by atoms with Crippen LogP contribution >= 0.6 is 11.8 Å². The number of likely N-dealkylation sites (tertiary alicyclic amines) is 1. The van der Waals surface area contributed by atoms with Crippen molar-refractivity contribution in [2.24, 2.45) is 22.7 Å². The highest BCUT2D eigenvalue weighted by molar-refractivity contribution is 8.16. The summed E-state index contributed by atoms with van der Waals surface area (Å²) in [5, 5.41) is 3.90. The number of carbonyl (C=O) groups excluding carboxylic acids is 2. The highest BCUT2D eigenvalue weighted by atomic mass is 32.2. The third kappa shape index (κ3) is 3.74. The number of thioether (sulfide) groups is 1. The molecule has 4 fully saturated rings. The Kier molecular flexibility index (Phi) is 4.96. The second kappa shape index (κ2) is 7.49. The maximum absolute atomic E-state index is 12.8. The molecule has 0 aromatic carbocycles. The molecule has 1 unspecified atom stereocenters. The van der Waals surface area contributed by atoms with E-state index in [9.17, 15) is 9.59 Å². The zero-order valence-corrected chi connectivity index (χ0v) is 17.7. The number of amides is 2. The summed E-state index contributed by atoms with van der Waals surface area (Å²) in [4.78, 5) is 32.0. The molecule has 7 heteroatoms. The number of amidine groups is 1. The van der Waals surface area contributed by atoms with Gasteiger partial charge in [-0.2, -0.15) is 0 Å². The van der Waals surface area contributed by atoms with Gasteiger partial charge in [0.1, 0.15) is 0 Å². The van der Waals surface area contributed by atoms with Crippen LogP contribution in [0.2, 0.25) is 0 Å². The molecular weight excluding hydrogens is 386 g/mol. The summed E-state index contributed by atoms with van der Waals surface area (Å²) < 4.78 is 4.79. The molecule has 0 spiro atoms. The molecule has 0 radical (unpaired) electrons. The van der Waals surface area contributed by atoms with E-state index in [2.05, 4.69) is 12.2 Å².